The second kappa shape index (κ2) is 9.94. The van der Waals surface area contributed by atoms with E-state index in [1.54, 1.807) is 7.11 Å². The first-order chi connectivity index (χ1) is 15.3. The van der Waals surface area contributed by atoms with Gasteiger partial charge in [-0.05, 0) is 51.2 Å². The lowest BCUT2D eigenvalue weighted by molar-refractivity contribution is 0.195. The van der Waals surface area contributed by atoms with Gasteiger partial charge >= 0.3 is 0 Å². The molecule has 0 fully saturated rings. The van der Waals surface area contributed by atoms with Gasteiger partial charge in [-0.25, -0.2) is 4.68 Å². The van der Waals surface area contributed by atoms with Crippen LogP contribution in [-0.4, -0.2) is 38.8 Å². The molecule has 4 aromatic rings. The SMILES string of the molecule is COc1ccc(C(c2nnnn2Cc2ccccc2)N2CCc3ccccc3C2)cc1.Cl. The van der Waals surface area contributed by atoms with Gasteiger partial charge in [0.2, 0.25) is 0 Å². The van der Waals surface area contributed by atoms with Crippen molar-refractivity contribution >= 4 is 12.4 Å². The van der Waals surface area contributed by atoms with E-state index in [2.05, 4.69) is 69.0 Å². The van der Waals surface area contributed by atoms with Gasteiger partial charge in [0.15, 0.2) is 5.82 Å². The second-order valence-corrected chi connectivity index (χ2v) is 7.85. The highest BCUT2D eigenvalue weighted by molar-refractivity contribution is 5.85. The van der Waals surface area contributed by atoms with E-state index in [1.807, 2.05) is 35.0 Å². The van der Waals surface area contributed by atoms with Gasteiger partial charge in [0.05, 0.1) is 19.7 Å². The van der Waals surface area contributed by atoms with Crippen molar-refractivity contribution in [2.75, 3.05) is 13.7 Å². The van der Waals surface area contributed by atoms with Crippen LogP contribution < -0.4 is 4.74 Å². The first kappa shape index (κ1) is 22.0. The average molecular weight is 448 g/mol. The first-order valence-electron chi connectivity index (χ1n) is 10.6. The molecule has 1 aliphatic rings. The average Bonchev–Trinajstić information content (AvgIpc) is 3.28. The monoisotopic (exact) mass is 447 g/mol. The normalized spacial score (nSPS) is 14.3. The summed E-state index contributed by atoms with van der Waals surface area (Å²) in [7, 11) is 1.69. The maximum absolute atomic E-state index is 5.38. The molecule has 0 spiro atoms. The summed E-state index contributed by atoms with van der Waals surface area (Å²) in [6.45, 7) is 2.46. The summed E-state index contributed by atoms with van der Waals surface area (Å²) in [5, 5.41) is 12.9. The molecule has 1 unspecified atom stereocenters. The summed E-state index contributed by atoms with van der Waals surface area (Å²) in [5.41, 5.74) is 5.13. The third-order valence-corrected chi connectivity index (χ3v) is 5.94. The maximum Gasteiger partial charge on any atom is 0.173 e. The van der Waals surface area contributed by atoms with Gasteiger partial charge in [-0.1, -0.05) is 66.7 Å². The van der Waals surface area contributed by atoms with Gasteiger partial charge in [-0.3, -0.25) is 4.90 Å². The highest BCUT2D eigenvalue weighted by Gasteiger charge is 2.30. The molecule has 0 bridgehead atoms. The number of benzene rings is 3. The number of ether oxygens (including phenoxy) is 1. The maximum atomic E-state index is 5.38. The zero-order valence-corrected chi connectivity index (χ0v) is 18.8. The number of nitrogens with zero attached hydrogens (tertiary/aromatic N) is 5. The van der Waals surface area contributed by atoms with Crippen LogP contribution in [0.4, 0.5) is 0 Å². The third-order valence-electron chi connectivity index (χ3n) is 5.94. The summed E-state index contributed by atoms with van der Waals surface area (Å²) in [6.07, 6.45) is 1.02. The van der Waals surface area contributed by atoms with Gasteiger partial charge in [0.25, 0.3) is 0 Å². The highest BCUT2D eigenvalue weighted by Crippen LogP contribution is 2.33. The highest BCUT2D eigenvalue weighted by atomic mass is 35.5. The van der Waals surface area contributed by atoms with Gasteiger partial charge in [0, 0.05) is 13.1 Å². The van der Waals surface area contributed by atoms with Crippen LogP contribution in [0.3, 0.4) is 0 Å². The first-order valence-corrected chi connectivity index (χ1v) is 10.6. The summed E-state index contributed by atoms with van der Waals surface area (Å²) in [5.74, 6) is 1.70. The molecule has 164 valence electrons. The lowest BCUT2D eigenvalue weighted by Gasteiger charge is -2.35. The Hall–Kier alpha value is -3.22. The Labute approximate surface area is 194 Å². The van der Waals surface area contributed by atoms with E-state index < -0.39 is 0 Å². The van der Waals surface area contributed by atoms with Crippen LogP contribution in [0.15, 0.2) is 78.9 Å². The molecule has 0 aliphatic carbocycles. The molecule has 0 amide bonds. The lowest BCUT2D eigenvalue weighted by Crippen LogP contribution is -2.36. The van der Waals surface area contributed by atoms with Crippen molar-refractivity contribution in [2.45, 2.75) is 25.6 Å². The Morgan fingerprint density at radius 3 is 2.38 bits per heavy atom. The van der Waals surface area contributed by atoms with E-state index in [-0.39, 0.29) is 18.4 Å². The molecule has 7 heteroatoms. The van der Waals surface area contributed by atoms with Crippen molar-refractivity contribution in [2.24, 2.45) is 0 Å². The third kappa shape index (κ3) is 4.52. The molecular weight excluding hydrogens is 422 g/mol. The van der Waals surface area contributed by atoms with Crippen LogP contribution >= 0.6 is 12.4 Å². The van der Waals surface area contributed by atoms with Gasteiger partial charge in [-0.2, -0.15) is 0 Å². The fourth-order valence-electron chi connectivity index (χ4n) is 4.32. The van der Waals surface area contributed by atoms with Crippen molar-refractivity contribution in [3.63, 3.8) is 0 Å². The molecule has 1 aliphatic heterocycles. The van der Waals surface area contributed by atoms with E-state index >= 15 is 0 Å². The quantitative estimate of drug-likeness (QED) is 0.441. The molecule has 1 aromatic heterocycles. The molecule has 0 N–H and O–H groups in total. The van der Waals surface area contributed by atoms with Crippen LogP contribution in [0, 0.1) is 0 Å². The largest absolute Gasteiger partial charge is 0.497 e. The Kier molecular flexibility index (Phi) is 6.83. The molecule has 5 rings (SSSR count). The Morgan fingerprint density at radius 1 is 0.906 bits per heavy atom. The van der Waals surface area contributed by atoms with Gasteiger partial charge < -0.3 is 4.74 Å². The Balaban J connectivity index is 0.00000245. The molecule has 6 nitrogen and oxygen atoms in total. The standard InChI is InChI=1S/C25H25N5O.ClH/c1-31-23-13-11-21(12-14-23)24(29-16-15-20-9-5-6-10-22(20)18-29)25-26-27-28-30(25)17-19-7-3-2-4-8-19;/h2-14,24H,15-18H2,1H3;1H. The number of fused-ring (bicyclic) bond motifs is 1. The molecule has 0 radical (unpaired) electrons. The number of aromatic nitrogens is 4. The van der Waals surface area contributed by atoms with Crippen LogP contribution in [0.5, 0.6) is 5.75 Å². The Morgan fingerprint density at radius 2 is 1.62 bits per heavy atom. The van der Waals surface area contributed by atoms with Crippen molar-refractivity contribution in [3.05, 3.63) is 107 Å². The van der Waals surface area contributed by atoms with E-state index in [9.17, 15) is 0 Å². The molecule has 2 heterocycles. The molecule has 0 saturated heterocycles. The predicted molar refractivity (Wildman–Crippen MR) is 126 cm³/mol. The van der Waals surface area contributed by atoms with E-state index in [4.69, 9.17) is 4.74 Å². The zero-order valence-electron chi connectivity index (χ0n) is 18.0. The lowest BCUT2D eigenvalue weighted by atomic mass is 9.96. The molecule has 3 aromatic carbocycles. The summed E-state index contributed by atoms with van der Waals surface area (Å²) >= 11 is 0. The predicted octanol–water partition coefficient (Wildman–Crippen LogP) is 4.30. The van der Waals surface area contributed by atoms with Crippen molar-refractivity contribution in [3.8, 4) is 5.75 Å². The number of hydrogen-bond donors (Lipinski definition) is 0. The van der Waals surface area contributed by atoms with Crippen molar-refractivity contribution in [1.29, 1.82) is 0 Å². The van der Waals surface area contributed by atoms with E-state index in [1.165, 1.54) is 16.7 Å². The molecular formula is C25H26ClN5O. The minimum absolute atomic E-state index is 0. The summed E-state index contributed by atoms with van der Waals surface area (Å²) < 4.78 is 7.30. The number of methoxy groups -OCH3 is 1. The number of halogens is 1. The van der Waals surface area contributed by atoms with E-state index in [0.717, 1.165) is 36.6 Å². The summed E-state index contributed by atoms with van der Waals surface area (Å²) in [6, 6.07) is 27.2. The number of hydrogen-bond acceptors (Lipinski definition) is 5. The topological polar surface area (TPSA) is 56.1 Å². The fraction of sp³-hybridized carbons (Fsp3) is 0.240. The van der Waals surface area contributed by atoms with Gasteiger partial charge in [-0.15, -0.1) is 17.5 Å². The minimum Gasteiger partial charge on any atom is -0.497 e. The molecule has 1 atom stereocenters. The number of tetrazole rings is 1. The smallest absolute Gasteiger partial charge is 0.173 e. The number of rotatable bonds is 6. The fourth-order valence-corrected chi connectivity index (χ4v) is 4.32. The summed E-state index contributed by atoms with van der Waals surface area (Å²) in [4.78, 5) is 2.47. The van der Waals surface area contributed by atoms with Crippen LogP contribution in [0.1, 0.15) is 34.1 Å². The zero-order chi connectivity index (χ0) is 21.0. The van der Waals surface area contributed by atoms with Crippen LogP contribution in [-0.2, 0) is 19.5 Å². The molecule has 32 heavy (non-hydrogen) atoms. The van der Waals surface area contributed by atoms with Crippen LogP contribution in [0.2, 0.25) is 0 Å². The Bertz CT molecular complexity index is 1150. The van der Waals surface area contributed by atoms with Gasteiger partial charge in [0.1, 0.15) is 5.75 Å². The van der Waals surface area contributed by atoms with E-state index in [0.29, 0.717) is 6.54 Å². The second-order valence-electron chi connectivity index (χ2n) is 7.85. The minimum atomic E-state index is -0.0435. The van der Waals surface area contributed by atoms with Crippen molar-refractivity contribution < 1.29 is 4.74 Å². The van der Waals surface area contributed by atoms with Crippen molar-refractivity contribution in [1.82, 2.24) is 25.1 Å². The molecule has 0 saturated carbocycles. The van der Waals surface area contributed by atoms with Crippen LogP contribution in [0.25, 0.3) is 0 Å².